The molecule has 1 aliphatic heterocycles. The third-order valence-corrected chi connectivity index (χ3v) is 6.65. The Kier molecular flexibility index (Phi) is 5.84. The summed E-state index contributed by atoms with van der Waals surface area (Å²) >= 11 is 6.36. The molecule has 0 bridgehead atoms. The van der Waals surface area contributed by atoms with Crippen LogP contribution in [-0.2, 0) is 0 Å². The van der Waals surface area contributed by atoms with Gasteiger partial charge in [0.1, 0.15) is 5.75 Å². The van der Waals surface area contributed by atoms with Crippen LogP contribution in [0.4, 0.5) is 5.95 Å². The van der Waals surface area contributed by atoms with E-state index in [1.54, 1.807) is 7.11 Å². The summed E-state index contributed by atoms with van der Waals surface area (Å²) in [6, 6.07) is 34.2. The summed E-state index contributed by atoms with van der Waals surface area (Å²) in [5.74, 6) is 1.37. The number of aromatic nitrogens is 2. The van der Waals surface area contributed by atoms with Crippen LogP contribution in [0, 0.1) is 0 Å². The zero-order valence-electron chi connectivity index (χ0n) is 19.7. The molecule has 176 valence electrons. The minimum absolute atomic E-state index is 0.0560. The van der Waals surface area contributed by atoms with Crippen molar-refractivity contribution in [1.29, 1.82) is 0 Å². The standard InChI is InChI=1S/C30H23ClN4O/c1-36-24-15-12-21(13-16-24)28-19-27(20-8-4-2-5-9-20)34-35(28)30-32-26-17-14-23(31)18-25(26)29(33-30)22-10-6-3-7-11-22/h2-18,28H,19H2,1H3/t28-/m0/s1. The van der Waals surface area contributed by atoms with Gasteiger partial charge in [0.15, 0.2) is 0 Å². The van der Waals surface area contributed by atoms with Crippen molar-refractivity contribution in [3.8, 4) is 17.0 Å². The fraction of sp³-hybridized carbons (Fsp3) is 0.100. The van der Waals surface area contributed by atoms with Gasteiger partial charge in [-0.25, -0.2) is 15.0 Å². The van der Waals surface area contributed by atoms with E-state index in [1.807, 2.05) is 71.7 Å². The third kappa shape index (κ3) is 4.18. The van der Waals surface area contributed by atoms with E-state index in [0.717, 1.165) is 51.2 Å². The Labute approximate surface area is 214 Å². The Bertz CT molecular complexity index is 1550. The Morgan fingerprint density at radius 2 is 1.50 bits per heavy atom. The first-order valence-corrected chi connectivity index (χ1v) is 12.2. The second kappa shape index (κ2) is 9.44. The van der Waals surface area contributed by atoms with Crippen molar-refractivity contribution >= 4 is 34.2 Å². The van der Waals surface area contributed by atoms with Crippen LogP contribution in [0.25, 0.3) is 22.2 Å². The molecule has 0 saturated carbocycles. The zero-order chi connectivity index (χ0) is 24.5. The quantitative estimate of drug-likeness (QED) is 0.259. The number of hydrazone groups is 1. The Balaban J connectivity index is 1.52. The van der Waals surface area contributed by atoms with E-state index in [1.165, 1.54) is 0 Å². The highest BCUT2D eigenvalue weighted by molar-refractivity contribution is 6.31. The molecule has 5 nitrogen and oxygen atoms in total. The van der Waals surface area contributed by atoms with Gasteiger partial charge in [0.25, 0.3) is 0 Å². The molecule has 2 heterocycles. The average Bonchev–Trinajstić information content (AvgIpc) is 3.39. The van der Waals surface area contributed by atoms with Gasteiger partial charge in [-0.1, -0.05) is 84.4 Å². The first-order chi connectivity index (χ1) is 17.7. The number of hydrogen-bond donors (Lipinski definition) is 0. The van der Waals surface area contributed by atoms with E-state index in [4.69, 9.17) is 31.4 Å². The molecule has 6 rings (SSSR count). The van der Waals surface area contributed by atoms with Crippen molar-refractivity contribution < 1.29 is 4.74 Å². The summed E-state index contributed by atoms with van der Waals surface area (Å²) in [5, 5.41) is 8.56. The molecule has 0 N–H and O–H groups in total. The molecule has 1 atom stereocenters. The van der Waals surface area contributed by atoms with Crippen LogP contribution in [0.1, 0.15) is 23.6 Å². The van der Waals surface area contributed by atoms with Gasteiger partial charge in [0.2, 0.25) is 5.95 Å². The molecule has 0 amide bonds. The van der Waals surface area contributed by atoms with Crippen LogP contribution in [0.3, 0.4) is 0 Å². The topological polar surface area (TPSA) is 50.6 Å². The molecule has 6 heteroatoms. The molecule has 1 aliphatic rings. The van der Waals surface area contributed by atoms with E-state index in [0.29, 0.717) is 11.0 Å². The van der Waals surface area contributed by atoms with E-state index >= 15 is 0 Å². The first kappa shape index (κ1) is 22.3. The predicted molar refractivity (Wildman–Crippen MR) is 146 cm³/mol. The number of methoxy groups -OCH3 is 1. The van der Waals surface area contributed by atoms with Crippen molar-refractivity contribution in [2.24, 2.45) is 5.10 Å². The van der Waals surface area contributed by atoms with Gasteiger partial charge >= 0.3 is 0 Å². The Morgan fingerprint density at radius 1 is 0.806 bits per heavy atom. The highest BCUT2D eigenvalue weighted by Crippen LogP contribution is 2.38. The fourth-order valence-corrected chi connectivity index (χ4v) is 4.76. The van der Waals surface area contributed by atoms with Crippen molar-refractivity contribution in [2.45, 2.75) is 12.5 Å². The van der Waals surface area contributed by atoms with Crippen LogP contribution in [0.15, 0.2) is 108 Å². The SMILES string of the molecule is COc1ccc([C@@H]2CC(c3ccccc3)=NN2c2nc(-c3ccccc3)c3cc(Cl)ccc3n2)cc1. The van der Waals surface area contributed by atoms with Gasteiger partial charge in [-0.05, 0) is 41.5 Å². The first-order valence-electron chi connectivity index (χ1n) is 11.8. The van der Waals surface area contributed by atoms with Crippen LogP contribution >= 0.6 is 11.6 Å². The Hall–Kier alpha value is -4.22. The molecule has 0 fully saturated rings. The molecule has 0 saturated heterocycles. The number of benzene rings is 4. The number of nitrogens with zero attached hydrogens (tertiary/aromatic N) is 4. The lowest BCUT2D eigenvalue weighted by Crippen LogP contribution is -2.21. The van der Waals surface area contributed by atoms with E-state index in [2.05, 4.69) is 36.4 Å². The van der Waals surface area contributed by atoms with Crippen molar-refractivity contribution in [3.63, 3.8) is 0 Å². The van der Waals surface area contributed by atoms with Crippen molar-refractivity contribution in [3.05, 3.63) is 119 Å². The highest BCUT2D eigenvalue weighted by atomic mass is 35.5. The van der Waals surface area contributed by atoms with Gasteiger partial charge in [0.05, 0.1) is 30.1 Å². The van der Waals surface area contributed by atoms with E-state index in [9.17, 15) is 0 Å². The molecule has 1 aromatic heterocycles. The third-order valence-electron chi connectivity index (χ3n) is 6.42. The van der Waals surface area contributed by atoms with Gasteiger partial charge in [0, 0.05) is 22.4 Å². The number of halogens is 1. The summed E-state index contributed by atoms with van der Waals surface area (Å²) in [6.07, 6.45) is 0.735. The minimum Gasteiger partial charge on any atom is -0.497 e. The second-order valence-corrected chi connectivity index (χ2v) is 9.09. The molecule has 4 aromatic carbocycles. The lowest BCUT2D eigenvalue weighted by atomic mass is 9.98. The van der Waals surface area contributed by atoms with Gasteiger partial charge < -0.3 is 4.74 Å². The molecule has 5 aromatic rings. The minimum atomic E-state index is -0.0560. The van der Waals surface area contributed by atoms with Crippen LogP contribution in [0.5, 0.6) is 5.75 Å². The number of hydrogen-bond acceptors (Lipinski definition) is 5. The van der Waals surface area contributed by atoms with Crippen LogP contribution < -0.4 is 9.75 Å². The number of rotatable bonds is 5. The maximum absolute atomic E-state index is 6.36. The van der Waals surface area contributed by atoms with E-state index < -0.39 is 0 Å². The zero-order valence-corrected chi connectivity index (χ0v) is 20.4. The lowest BCUT2D eigenvalue weighted by molar-refractivity contribution is 0.414. The maximum atomic E-state index is 6.36. The fourth-order valence-electron chi connectivity index (χ4n) is 4.59. The molecule has 0 radical (unpaired) electrons. The normalized spacial score (nSPS) is 15.2. The maximum Gasteiger partial charge on any atom is 0.247 e. The summed E-state index contributed by atoms with van der Waals surface area (Å²) < 4.78 is 5.38. The number of anilines is 1. The molecular weight excluding hydrogens is 468 g/mol. The largest absolute Gasteiger partial charge is 0.497 e. The monoisotopic (exact) mass is 490 g/mol. The molecule has 0 unspecified atom stereocenters. The number of fused-ring (bicyclic) bond motifs is 1. The van der Waals surface area contributed by atoms with Crippen LogP contribution in [-0.4, -0.2) is 22.8 Å². The highest BCUT2D eigenvalue weighted by Gasteiger charge is 2.32. The van der Waals surface area contributed by atoms with Crippen LogP contribution in [0.2, 0.25) is 5.02 Å². The summed E-state index contributed by atoms with van der Waals surface area (Å²) in [5.41, 5.74) is 5.86. The average molecular weight is 491 g/mol. The molecule has 36 heavy (non-hydrogen) atoms. The molecule has 0 spiro atoms. The van der Waals surface area contributed by atoms with Crippen molar-refractivity contribution in [2.75, 3.05) is 12.1 Å². The smallest absolute Gasteiger partial charge is 0.247 e. The Morgan fingerprint density at radius 3 is 2.19 bits per heavy atom. The van der Waals surface area contributed by atoms with Crippen molar-refractivity contribution in [1.82, 2.24) is 9.97 Å². The lowest BCUT2D eigenvalue weighted by Gasteiger charge is -2.23. The van der Waals surface area contributed by atoms with Gasteiger partial charge in [-0.15, -0.1) is 0 Å². The number of ether oxygens (including phenoxy) is 1. The predicted octanol–water partition coefficient (Wildman–Crippen LogP) is 7.31. The molecular formula is C30H23ClN4O. The summed E-state index contributed by atoms with van der Waals surface area (Å²) in [6.45, 7) is 0. The summed E-state index contributed by atoms with van der Waals surface area (Å²) in [7, 11) is 1.67. The van der Waals surface area contributed by atoms with Gasteiger partial charge in [-0.3, -0.25) is 0 Å². The summed E-state index contributed by atoms with van der Waals surface area (Å²) in [4.78, 5) is 10.0. The second-order valence-electron chi connectivity index (χ2n) is 8.65. The van der Waals surface area contributed by atoms with Gasteiger partial charge in [-0.2, -0.15) is 5.10 Å². The molecule has 0 aliphatic carbocycles. The van der Waals surface area contributed by atoms with E-state index in [-0.39, 0.29) is 6.04 Å².